The van der Waals surface area contributed by atoms with Gasteiger partial charge in [0.25, 0.3) is 0 Å². The fourth-order valence-electron chi connectivity index (χ4n) is 3.75. The first-order chi connectivity index (χ1) is 9.95. The van der Waals surface area contributed by atoms with Crippen molar-refractivity contribution in [1.29, 1.82) is 0 Å². The minimum absolute atomic E-state index is 0.892. The number of allylic oxidation sites excluding steroid dienone is 4. The Bertz CT molecular complexity index is 256. The van der Waals surface area contributed by atoms with Crippen LogP contribution in [0.2, 0.25) is 0 Å². The summed E-state index contributed by atoms with van der Waals surface area (Å²) in [5.41, 5.74) is 0. The van der Waals surface area contributed by atoms with Crippen molar-refractivity contribution in [2.75, 3.05) is 0 Å². The van der Waals surface area contributed by atoms with Crippen LogP contribution in [-0.4, -0.2) is 0 Å². The van der Waals surface area contributed by atoms with Crippen molar-refractivity contribution in [2.24, 2.45) is 11.8 Å². The normalized spacial score (nSPS) is 30.0. The molecule has 2 atom stereocenters. The molecule has 0 saturated heterocycles. The first-order valence-corrected chi connectivity index (χ1v) is 9.28. The Morgan fingerprint density at radius 1 is 0.600 bits per heavy atom. The lowest BCUT2D eigenvalue weighted by Gasteiger charge is -2.17. The van der Waals surface area contributed by atoms with Gasteiger partial charge in [0.1, 0.15) is 0 Å². The standard InChI is InChI=1S/C20H34/c1-3-7-13-19(14-8-4-1)17-11-12-18-20-15-9-5-2-6-10-16-20/h7,9,13,15,19-20H,1-6,8,10-12,14,16-18H2/b13-7-,15-9?. The summed E-state index contributed by atoms with van der Waals surface area (Å²) in [5, 5.41) is 0. The minimum Gasteiger partial charge on any atom is -0.0883 e. The number of unbranched alkanes of at least 4 members (excludes halogenated alkanes) is 1. The third kappa shape index (κ3) is 6.77. The van der Waals surface area contributed by atoms with Crippen LogP contribution in [0.3, 0.4) is 0 Å². The third-order valence-electron chi connectivity index (χ3n) is 5.11. The molecule has 0 heteroatoms. The minimum atomic E-state index is 0.892. The Kier molecular flexibility index (Phi) is 8.12. The van der Waals surface area contributed by atoms with Gasteiger partial charge in [-0.2, -0.15) is 0 Å². The fraction of sp³-hybridized carbons (Fsp3) is 0.800. The second kappa shape index (κ2) is 10.2. The van der Waals surface area contributed by atoms with Gasteiger partial charge in [-0.15, -0.1) is 0 Å². The van der Waals surface area contributed by atoms with E-state index in [0.717, 1.165) is 11.8 Å². The molecule has 0 spiro atoms. The Morgan fingerprint density at radius 3 is 1.60 bits per heavy atom. The zero-order valence-electron chi connectivity index (χ0n) is 13.4. The van der Waals surface area contributed by atoms with E-state index >= 15 is 0 Å². The molecule has 0 aliphatic heterocycles. The molecule has 2 aliphatic carbocycles. The van der Waals surface area contributed by atoms with Crippen LogP contribution in [0.25, 0.3) is 0 Å². The van der Waals surface area contributed by atoms with E-state index in [2.05, 4.69) is 24.3 Å². The Balaban J connectivity index is 1.59. The molecule has 114 valence electrons. The van der Waals surface area contributed by atoms with E-state index in [-0.39, 0.29) is 0 Å². The summed E-state index contributed by atoms with van der Waals surface area (Å²) in [7, 11) is 0. The summed E-state index contributed by atoms with van der Waals surface area (Å²) in [5.74, 6) is 1.78. The van der Waals surface area contributed by atoms with E-state index in [0.29, 0.717) is 0 Å². The van der Waals surface area contributed by atoms with E-state index in [1.807, 2.05) is 0 Å². The lowest BCUT2D eigenvalue weighted by Crippen LogP contribution is -2.02. The van der Waals surface area contributed by atoms with Gasteiger partial charge in [-0.3, -0.25) is 0 Å². The van der Waals surface area contributed by atoms with Crippen LogP contribution in [0.1, 0.15) is 89.9 Å². The number of hydrogen-bond donors (Lipinski definition) is 0. The van der Waals surface area contributed by atoms with Gasteiger partial charge in [-0.05, 0) is 63.2 Å². The van der Waals surface area contributed by atoms with Crippen LogP contribution in [0.4, 0.5) is 0 Å². The van der Waals surface area contributed by atoms with Crippen molar-refractivity contribution < 1.29 is 0 Å². The highest BCUT2D eigenvalue weighted by atomic mass is 14.1. The van der Waals surface area contributed by atoms with Gasteiger partial charge in [0, 0.05) is 0 Å². The summed E-state index contributed by atoms with van der Waals surface area (Å²) in [6.45, 7) is 0. The average Bonchev–Trinajstić information content (AvgIpc) is 2.38. The summed E-state index contributed by atoms with van der Waals surface area (Å²) < 4.78 is 0. The van der Waals surface area contributed by atoms with Crippen LogP contribution in [-0.2, 0) is 0 Å². The summed E-state index contributed by atoms with van der Waals surface area (Å²) in [4.78, 5) is 0. The molecule has 2 rings (SSSR count). The zero-order valence-corrected chi connectivity index (χ0v) is 13.4. The second-order valence-corrected chi connectivity index (χ2v) is 6.94. The maximum Gasteiger partial charge on any atom is -0.0234 e. The van der Waals surface area contributed by atoms with Crippen molar-refractivity contribution in [3.05, 3.63) is 24.3 Å². The van der Waals surface area contributed by atoms with Crippen LogP contribution in [0, 0.1) is 11.8 Å². The molecule has 0 fully saturated rings. The van der Waals surface area contributed by atoms with Gasteiger partial charge in [0.05, 0.1) is 0 Å². The summed E-state index contributed by atoms with van der Waals surface area (Å²) in [6.07, 6.45) is 29.9. The molecule has 2 unspecified atom stereocenters. The Morgan fingerprint density at radius 2 is 1.10 bits per heavy atom. The van der Waals surface area contributed by atoms with Crippen molar-refractivity contribution in [1.82, 2.24) is 0 Å². The smallest absolute Gasteiger partial charge is 0.0234 e. The van der Waals surface area contributed by atoms with Crippen LogP contribution in [0.5, 0.6) is 0 Å². The lowest BCUT2D eigenvalue weighted by molar-refractivity contribution is 0.433. The quantitative estimate of drug-likeness (QED) is 0.381. The van der Waals surface area contributed by atoms with Gasteiger partial charge in [0.15, 0.2) is 0 Å². The van der Waals surface area contributed by atoms with E-state index < -0.39 is 0 Å². The zero-order chi connectivity index (χ0) is 13.9. The highest BCUT2D eigenvalue weighted by Gasteiger charge is 2.09. The molecule has 0 saturated carbocycles. The lowest BCUT2D eigenvalue weighted by atomic mass is 9.89. The highest BCUT2D eigenvalue weighted by molar-refractivity contribution is 4.91. The van der Waals surface area contributed by atoms with Gasteiger partial charge < -0.3 is 0 Å². The van der Waals surface area contributed by atoms with E-state index in [1.54, 1.807) is 0 Å². The monoisotopic (exact) mass is 274 g/mol. The molecule has 0 amide bonds. The van der Waals surface area contributed by atoms with Crippen molar-refractivity contribution in [2.45, 2.75) is 89.9 Å². The maximum atomic E-state index is 2.52. The molecule has 0 aromatic rings. The maximum absolute atomic E-state index is 2.52. The molecule has 0 N–H and O–H groups in total. The van der Waals surface area contributed by atoms with Crippen LogP contribution < -0.4 is 0 Å². The number of rotatable bonds is 5. The van der Waals surface area contributed by atoms with E-state index in [1.165, 1.54) is 89.9 Å². The van der Waals surface area contributed by atoms with E-state index in [9.17, 15) is 0 Å². The largest absolute Gasteiger partial charge is 0.0883 e. The Hall–Kier alpha value is -0.520. The second-order valence-electron chi connectivity index (χ2n) is 6.94. The Labute approximate surface area is 126 Å². The van der Waals surface area contributed by atoms with Gasteiger partial charge >= 0.3 is 0 Å². The molecule has 0 aromatic carbocycles. The molecule has 0 radical (unpaired) electrons. The summed E-state index contributed by atoms with van der Waals surface area (Å²) >= 11 is 0. The third-order valence-corrected chi connectivity index (χ3v) is 5.11. The molecular formula is C20H34. The van der Waals surface area contributed by atoms with Crippen molar-refractivity contribution >= 4 is 0 Å². The highest BCUT2D eigenvalue weighted by Crippen LogP contribution is 2.25. The first kappa shape index (κ1) is 15.9. The van der Waals surface area contributed by atoms with Gasteiger partial charge in [-0.1, -0.05) is 62.8 Å². The SMILES string of the molecule is C1=CC(CCCCC2/C=C\CCCCC2)CCCCC1. The molecule has 0 heterocycles. The topological polar surface area (TPSA) is 0 Å². The predicted octanol–water partition coefficient (Wildman–Crippen LogP) is 6.82. The fourth-order valence-corrected chi connectivity index (χ4v) is 3.75. The van der Waals surface area contributed by atoms with Crippen LogP contribution >= 0.6 is 0 Å². The first-order valence-electron chi connectivity index (χ1n) is 9.28. The molecular weight excluding hydrogens is 240 g/mol. The average molecular weight is 274 g/mol. The van der Waals surface area contributed by atoms with Crippen molar-refractivity contribution in [3.8, 4) is 0 Å². The molecule has 0 bridgehead atoms. The van der Waals surface area contributed by atoms with Gasteiger partial charge in [0.2, 0.25) is 0 Å². The van der Waals surface area contributed by atoms with E-state index in [4.69, 9.17) is 0 Å². The molecule has 20 heavy (non-hydrogen) atoms. The molecule has 0 aromatic heterocycles. The number of hydrogen-bond acceptors (Lipinski definition) is 0. The predicted molar refractivity (Wildman–Crippen MR) is 89.9 cm³/mol. The summed E-state index contributed by atoms with van der Waals surface area (Å²) in [6, 6.07) is 0. The molecule has 2 aliphatic rings. The van der Waals surface area contributed by atoms with Crippen LogP contribution in [0.15, 0.2) is 24.3 Å². The molecule has 0 nitrogen and oxygen atoms in total. The van der Waals surface area contributed by atoms with Crippen molar-refractivity contribution in [3.63, 3.8) is 0 Å². The van der Waals surface area contributed by atoms with Gasteiger partial charge in [-0.25, -0.2) is 0 Å².